The molecule has 0 fully saturated rings. The number of methoxy groups -OCH3 is 1. The van der Waals surface area contributed by atoms with Crippen LogP contribution >= 0.6 is 11.6 Å². The van der Waals surface area contributed by atoms with E-state index < -0.39 is 6.04 Å². The van der Waals surface area contributed by atoms with E-state index in [1.54, 1.807) is 42.1 Å². The highest BCUT2D eigenvalue weighted by molar-refractivity contribution is 6.31. The van der Waals surface area contributed by atoms with Crippen LogP contribution in [0.15, 0.2) is 66.1 Å². The summed E-state index contributed by atoms with van der Waals surface area (Å²) in [4.78, 5) is 17.4. The molecule has 0 spiro atoms. The van der Waals surface area contributed by atoms with Crippen LogP contribution in [0.4, 0.5) is 11.6 Å². The number of hydrogen-bond donors (Lipinski definition) is 2. The Bertz CT molecular complexity index is 1060. The van der Waals surface area contributed by atoms with Crippen molar-refractivity contribution in [3.63, 3.8) is 0 Å². The highest BCUT2D eigenvalue weighted by atomic mass is 35.5. The number of rotatable bonds is 4. The summed E-state index contributed by atoms with van der Waals surface area (Å²) in [6, 6.07) is 14.1. The van der Waals surface area contributed by atoms with Crippen molar-refractivity contribution in [2.45, 2.75) is 13.0 Å². The van der Waals surface area contributed by atoms with E-state index in [9.17, 15) is 4.79 Å². The predicted octanol–water partition coefficient (Wildman–Crippen LogP) is 3.87. The summed E-state index contributed by atoms with van der Waals surface area (Å²) in [5.74, 6) is 1.03. The van der Waals surface area contributed by atoms with Crippen LogP contribution < -0.4 is 15.4 Å². The molecule has 1 amide bonds. The Kier molecular flexibility index (Phi) is 4.75. The lowest BCUT2D eigenvalue weighted by Crippen LogP contribution is -2.31. The molecule has 2 heterocycles. The van der Waals surface area contributed by atoms with Crippen LogP contribution in [-0.4, -0.2) is 27.8 Å². The maximum Gasteiger partial charge on any atom is 0.255 e. The number of amides is 1. The van der Waals surface area contributed by atoms with Crippen molar-refractivity contribution in [2.24, 2.45) is 0 Å². The Balaban J connectivity index is 1.74. The number of fused-ring (bicyclic) bond motifs is 1. The predicted molar refractivity (Wildman–Crippen MR) is 108 cm³/mol. The van der Waals surface area contributed by atoms with Crippen molar-refractivity contribution in [1.29, 1.82) is 0 Å². The summed E-state index contributed by atoms with van der Waals surface area (Å²) in [6.07, 6.45) is 1.45. The molecule has 1 aromatic heterocycles. The van der Waals surface area contributed by atoms with E-state index in [0.717, 1.165) is 5.56 Å². The minimum Gasteiger partial charge on any atom is -0.497 e. The first-order valence-corrected chi connectivity index (χ1v) is 9.03. The van der Waals surface area contributed by atoms with Gasteiger partial charge in [0.1, 0.15) is 18.1 Å². The topological polar surface area (TPSA) is 81.1 Å². The van der Waals surface area contributed by atoms with Gasteiger partial charge in [-0.25, -0.2) is 4.68 Å². The third-order valence-corrected chi connectivity index (χ3v) is 4.93. The van der Waals surface area contributed by atoms with E-state index in [2.05, 4.69) is 20.7 Å². The summed E-state index contributed by atoms with van der Waals surface area (Å²) >= 11 is 6.45. The average Bonchev–Trinajstić information content (AvgIpc) is 3.16. The number of nitrogens with one attached hydrogen (secondary N) is 2. The van der Waals surface area contributed by atoms with E-state index >= 15 is 0 Å². The van der Waals surface area contributed by atoms with Crippen molar-refractivity contribution in [1.82, 2.24) is 14.8 Å². The zero-order valence-corrected chi connectivity index (χ0v) is 16.1. The molecule has 0 bridgehead atoms. The smallest absolute Gasteiger partial charge is 0.255 e. The molecule has 0 radical (unpaired) electrons. The van der Waals surface area contributed by atoms with Crippen molar-refractivity contribution in [2.75, 3.05) is 17.7 Å². The summed E-state index contributed by atoms with van der Waals surface area (Å²) < 4.78 is 6.82. The average molecular weight is 396 g/mol. The number of nitrogens with zero attached hydrogens (tertiary/aromatic N) is 3. The van der Waals surface area contributed by atoms with Gasteiger partial charge in [0.05, 0.1) is 12.7 Å². The van der Waals surface area contributed by atoms with Crippen LogP contribution in [0.5, 0.6) is 5.75 Å². The summed E-state index contributed by atoms with van der Waals surface area (Å²) in [5.41, 5.74) is 2.64. The molecular weight excluding hydrogens is 378 g/mol. The molecule has 2 N–H and O–H groups in total. The quantitative estimate of drug-likeness (QED) is 0.700. The molecule has 2 aromatic carbocycles. The second-order valence-electron chi connectivity index (χ2n) is 6.30. The first-order chi connectivity index (χ1) is 13.6. The molecule has 7 nitrogen and oxygen atoms in total. The Morgan fingerprint density at radius 3 is 2.68 bits per heavy atom. The van der Waals surface area contributed by atoms with Gasteiger partial charge >= 0.3 is 0 Å². The zero-order valence-electron chi connectivity index (χ0n) is 15.3. The number of carbonyl (C=O) groups is 1. The number of allylic oxidation sites excluding steroid dienone is 1. The number of carbonyl (C=O) groups excluding carboxylic acids is 1. The SMILES string of the molecule is COc1ccc(NC(=O)C2=C(C)Nc3ncnn3C2c2ccccc2Cl)cc1. The van der Waals surface area contributed by atoms with Crippen LogP contribution in [0.2, 0.25) is 5.02 Å². The monoisotopic (exact) mass is 395 g/mol. The van der Waals surface area contributed by atoms with E-state index in [-0.39, 0.29) is 5.91 Å². The summed E-state index contributed by atoms with van der Waals surface area (Å²) in [6.45, 7) is 1.84. The molecule has 28 heavy (non-hydrogen) atoms. The number of halogens is 1. The maximum atomic E-state index is 13.2. The fraction of sp³-hybridized carbons (Fsp3) is 0.150. The number of aromatic nitrogens is 3. The van der Waals surface area contributed by atoms with E-state index in [1.165, 1.54) is 6.33 Å². The van der Waals surface area contributed by atoms with Gasteiger partial charge in [0, 0.05) is 22.0 Å². The van der Waals surface area contributed by atoms with Gasteiger partial charge in [-0.1, -0.05) is 29.8 Å². The number of anilines is 2. The second kappa shape index (κ2) is 7.36. The molecule has 0 saturated heterocycles. The van der Waals surface area contributed by atoms with Gasteiger partial charge in [0.25, 0.3) is 5.91 Å². The van der Waals surface area contributed by atoms with Gasteiger partial charge in [-0.2, -0.15) is 10.1 Å². The van der Waals surface area contributed by atoms with Gasteiger partial charge in [0.2, 0.25) is 5.95 Å². The second-order valence-corrected chi connectivity index (χ2v) is 6.71. The number of benzene rings is 2. The van der Waals surface area contributed by atoms with Crippen LogP contribution in [0.3, 0.4) is 0 Å². The normalized spacial score (nSPS) is 15.6. The van der Waals surface area contributed by atoms with Crippen LogP contribution in [0, 0.1) is 0 Å². The first-order valence-electron chi connectivity index (χ1n) is 8.65. The number of ether oxygens (including phenoxy) is 1. The van der Waals surface area contributed by atoms with Crippen molar-refractivity contribution >= 4 is 29.1 Å². The molecular formula is C20H18ClN5O2. The lowest BCUT2D eigenvalue weighted by atomic mass is 9.95. The lowest BCUT2D eigenvalue weighted by molar-refractivity contribution is -0.113. The Labute approximate surface area is 167 Å². The molecule has 0 aliphatic carbocycles. The van der Waals surface area contributed by atoms with Crippen molar-refractivity contribution in [3.8, 4) is 5.75 Å². The summed E-state index contributed by atoms with van der Waals surface area (Å²) in [5, 5.41) is 10.9. The standard InChI is InChI=1S/C20H18ClN5O2/c1-12-17(19(27)25-13-7-9-14(28-2)10-8-13)18(15-5-3-4-6-16(15)21)26-20(24-12)22-11-23-26/h3-11,18H,1-2H3,(H,25,27)(H,22,23,24). The molecule has 0 saturated carbocycles. The number of hydrogen-bond acceptors (Lipinski definition) is 5. The fourth-order valence-electron chi connectivity index (χ4n) is 3.24. The van der Waals surface area contributed by atoms with Gasteiger partial charge in [0.15, 0.2) is 0 Å². The van der Waals surface area contributed by atoms with Gasteiger partial charge in [-0.3, -0.25) is 4.79 Å². The van der Waals surface area contributed by atoms with Crippen LogP contribution in [-0.2, 0) is 4.79 Å². The molecule has 4 rings (SSSR count). The molecule has 1 aliphatic rings. The van der Waals surface area contributed by atoms with E-state index in [0.29, 0.717) is 33.7 Å². The van der Waals surface area contributed by atoms with Gasteiger partial charge in [-0.05, 0) is 37.3 Å². The maximum absolute atomic E-state index is 13.2. The van der Waals surface area contributed by atoms with Crippen LogP contribution in [0.25, 0.3) is 0 Å². The molecule has 1 aliphatic heterocycles. The lowest BCUT2D eigenvalue weighted by Gasteiger charge is -2.29. The van der Waals surface area contributed by atoms with Gasteiger partial charge < -0.3 is 15.4 Å². The van der Waals surface area contributed by atoms with Crippen LogP contribution in [0.1, 0.15) is 18.5 Å². The first kappa shape index (κ1) is 18.1. The molecule has 3 aromatic rings. The van der Waals surface area contributed by atoms with Crippen molar-refractivity contribution < 1.29 is 9.53 Å². The molecule has 1 atom stereocenters. The summed E-state index contributed by atoms with van der Waals surface area (Å²) in [7, 11) is 1.60. The van der Waals surface area contributed by atoms with Gasteiger partial charge in [-0.15, -0.1) is 0 Å². The Morgan fingerprint density at radius 2 is 1.96 bits per heavy atom. The minimum absolute atomic E-state index is 0.249. The van der Waals surface area contributed by atoms with Crippen molar-refractivity contribution in [3.05, 3.63) is 76.7 Å². The molecule has 142 valence electrons. The fourth-order valence-corrected chi connectivity index (χ4v) is 3.48. The highest BCUT2D eigenvalue weighted by Crippen LogP contribution is 2.38. The largest absolute Gasteiger partial charge is 0.497 e. The molecule has 8 heteroatoms. The molecule has 1 unspecified atom stereocenters. The zero-order chi connectivity index (χ0) is 19.7. The highest BCUT2D eigenvalue weighted by Gasteiger charge is 2.34. The minimum atomic E-state index is -0.495. The van der Waals surface area contributed by atoms with E-state index in [1.807, 2.05) is 25.1 Å². The third kappa shape index (κ3) is 3.20. The Morgan fingerprint density at radius 1 is 1.21 bits per heavy atom. The third-order valence-electron chi connectivity index (χ3n) is 4.59. The van der Waals surface area contributed by atoms with E-state index in [4.69, 9.17) is 16.3 Å². The Hall–Kier alpha value is -3.32.